The lowest BCUT2D eigenvalue weighted by atomic mass is 10.2. The molecule has 7 nitrogen and oxygen atoms in total. The van der Waals surface area contributed by atoms with Crippen molar-refractivity contribution in [3.8, 4) is 0 Å². The zero-order chi connectivity index (χ0) is 13.0. The van der Waals surface area contributed by atoms with E-state index < -0.39 is 0 Å². The van der Waals surface area contributed by atoms with Crippen LogP contribution in [0.2, 0.25) is 0 Å². The third-order valence-corrected chi connectivity index (χ3v) is 2.71. The largest absolute Gasteiger partial charge is 0.373 e. The minimum atomic E-state index is -0.346. The fraction of sp³-hybridized carbons (Fsp3) is 0.545. The Kier molecular flexibility index (Phi) is 4.06. The Morgan fingerprint density at radius 1 is 1.56 bits per heavy atom. The molecule has 0 aliphatic rings. The molecular formula is C11H17N5O2. The van der Waals surface area contributed by atoms with Crippen LogP contribution in [0, 0.1) is 0 Å². The molecule has 2 heterocycles. The van der Waals surface area contributed by atoms with Crippen molar-refractivity contribution in [2.24, 2.45) is 5.73 Å². The highest BCUT2D eigenvalue weighted by molar-refractivity contribution is 5.02. The van der Waals surface area contributed by atoms with Crippen LogP contribution in [0.4, 0.5) is 0 Å². The van der Waals surface area contributed by atoms with E-state index in [4.69, 9.17) is 15.0 Å². The standard InChI is InChI=1S/C11H17N5O2/c1-3-9(17-2)10-15-11(18-16-10)8(12)4-7-5-13-6-14-7/h5-6,8-9H,3-4,12H2,1-2H3,(H,13,14)/t8-,9?/m0/s1. The fourth-order valence-electron chi connectivity index (χ4n) is 1.70. The summed E-state index contributed by atoms with van der Waals surface area (Å²) in [6.45, 7) is 1.99. The summed E-state index contributed by atoms with van der Waals surface area (Å²) in [4.78, 5) is 11.2. The number of aromatic nitrogens is 4. The minimum Gasteiger partial charge on any atom is -0.373 e. The summed E-state index contributed by atoms with van der Waals surface area (Å²) in [5.41, 5.74) is 6.93. The second-order valence-corrected chi connectivity index (χ2v) is 4.01. The van der Waals surface area contributed by atoms with E-state index in [1.54, 1.807) is 19.6 Å². The third kappa shape index (κ3) is 2.74. The van der Waals surface area contributed by atoms with Crippen molar-refractivity contribution in [2.45, 2.75) is 31.9 Å². The summed E-state index contributed by atoms with van der Waals surface area (Å²) in [6, 6.07) is -0.346. The summed E-state index contributed by atoms with van der Waals surface area (Å²) in [7, 11) is 1.62. The van der Waals surface area contributed by atoms with E-state index in [2.05, 4.69) is 20.1 Å². The van der Waals surface area contributed by atoms with E-state index in [0.717, 1.165) is 12.1 Å². The molecule has 0 fully saturated rings. The lowest BCUT2D eigenvalue weighted by molar-refractivity contribution is 0.0903. The van der Waals surface area contributed by atoms with Gasteiger partial charge in [-0.15, -0.1) is 0 Å². The Morgan fingerprint density at radius 3 is 3.00 bits per heavy atom. The molecule has 0 aromatic carbocycles. The number of hydrogen-bond acceptors (Lipinski definition) is 6. The lowest BCUT2D eigenvalue weighted by Crippen LogP contribution is -2.14. The van der Waals surface area contributed by atoms with Crippen molar-refractivity contribution < 1.29 is 9.26 Å². The van der Waals surface area contributed by atoms with E-state index >= 15 is 0 Å². The number of aromatic amines is 1. The Balaban J connectivity index is 2.05. The average Bonchev–Trinajstić information content (AvgIpc) is 3.01. The van der Waals surface area contributed by atoms with Crippen molar-refractivity contribution >= 4 is 0 Å². The summed E-state index contributed by atoms with van der Waals surface area (Å²) >= 11 is 0. The first-order valence-electron chi connectivity index (χ1n) is 5.83. The summed E-state index contributed by atoms with van der Waals surface area (Å²) in [5, 5.41) is 3.89. The summed E-state index contributed by atoms with van der Waals surface area (Å²) in [6.07, 6.45) is 4.54. The van der Waals surface area contributed by atoms with E-state index in [9.17, 15) is 0 Å². The Bertz CT molecular complexity index is 463. The van der Waals surface area contributed by atoms with Gasteiger partial charge in [0.05, 0.1) is 12.4 Å². The molecule has 18 heavy (non-hydrogen) atoms. The number of hydrogen-bond donors (Lipinski definition) is 2. The van der Waals surface area contributed by atoms with Gasteiger partial charge in [0.1, 0.15) is 6.10 Å². The summed E-state index contributed by atoms with van der Waals surface area (Å²) in [5.74, 6) is 0.949. The zero-order valence-corrected chi connectivity index (χ0v) is 10.5. The number of imidazole rings is 1. The number of nitrogens with two attached hydrogens (primary N) is 1. The zero-order valence-electron chi connectivity index (χ0n) is 10.5. The molecule has 2 atom stereocenters. The third-order valence-electron chi connectivity index (χ3n) is 2.71. The predicted molar refractivity (Wildman–Crippen MR) is 63.6 cm³/mol. The van der Waals surface area contributed by atoms with Gasteiger partial charge in [0.15, 0.2) is 0 Å². The highest BCUT2D eigenvalue weighted by Gasteiger charge is 2.20. The van der Waals surface area contributed by atoms with Crippen LogP contribution in [0.3, 0.4) is 0 Å². The van der Waals surface area contributed by atoms with Crippen LogP contribution in [0.25, 0.3) is 0 Å². The van der Waals surface area contributed by atoms with Gasteiger partial charge >= 0.3 is 0 Å². The van der Waals surface area contributed by atoms with Crippen LogP contribution in [0.1, 0.15) is 42.9 Å². The monoisotopic (exact) mass is 251 g/mol. The molecule has 7 heteroatoms. The number of nitrogens with zero attached hydrogens (tertiary/aromatic N) is 3. The smallest absolute Gasteiger partial charge is 0.244 e. The van der Waals surface area contributed by atoms with Crippen molar-refractivity contribution in [1.82, 2.24) is 20.1 Å². The van der Waals surface area contributed by atoms with Gasteiger partial charge in [-0.1, -0.05) is 12.1 Å². The molecule has 0 saturated heterocycles. The van der Waals surface area contributed by atoms with Crippen LogP contribution in [-0.2, 0) is 11.2 Å². The van der Waals surface area contributed by atoms with Crippen molar-refractivity contribution in [2.75, 3.05) is 7.11 Å². The molecule has 0 saturated carbocycles. The van der Waals surface area contributed by atoms with Gasteiger partial charge < -0.3 is 20.0 Å². The van der Waals surface area contributed by atoms with Crippen molar-refractivity contribution in [3.63, 3.8) is 0 Å². The van der Waals surface area contributed by atoms with Gasteiger partial charge in [-0.05, 0) is 6.42 Å². The van der Waals surface area contributed by atoms with Gasteiger partial charge in [-0.3, -0.25) is 0 Å². The van der Waals surface area contributed by atoms with Crippen molar-refractivity contribution in [1.29, 1.82) is 0 Å². The molecule has 0 radical (unpaired) electrons. The Labute approximate surface area is 105 Å². The highest BCUT2D eigenvalue weighted by Crippen LogP contribution is 2.19. The predicted octanol–water partition coefficient (Wildman–Crippen LogP) is 1.13. The molecule has 98 valence electrons. The second-order valence-electron chi connectivity index (χ2n) is 4.01. The SMILES string of the molecule is CCC(OC)c1noc([C@@H](N)Cc2cnc[nH]2)n1. The van der Waals surface area contributed by atoms with Gasteiger partial charge in [-0.2, -0.15) is 4.98 Å². The molecule has 1 unspecified atom stereocenters. The molecule has 0 spiro atoms. The number of ether oxygens (including phenoxy) is 1. The van der Waals surface area contributed by atoms with E-state index in [1.165, 1.54) is 0 Å². The second kappa shape index (κ2) is 5.74. The van der Waals surface area contributed by atoms with Crippen LogP contribution < -0.4 is 5.73 Å². The lowest BCUT2D eigenvalue weighted by Gasteiger charge is -2.06. The average molecular weight is 251 g/mol. The van der Waals surface area contributed by atoms with E-state index in [1.807, 2.05) is 6.92 Å². The maximum atomic E-state index is 6.00. The minimum absolute atomic E-state index is 0.151. The van der Waals surface area contributed by atoms with Crippen LogP contribution >= 0.6 is 0 Å². The van der Waals surface area contributed by atoms with Gasteiger partial charge in [0, 0.05) is 25.4 Å². The molecule has 2 aromatic rings. The fourth-order valence-corrected chi connectivity index (χ4v) is 1.70. The quantitative estimate of drug-likeness (QED) is 0.797. The molecule has 0 aliphatic heterocycles. The Hall–Kier alpha value is -1.73. The molecule has 2 aromatic heterocycles. The topological polar surface area (TPSA) is 103 Å². The maximum Gasteiger partial charge on any atom is 0.244 e. The van der Waals surface area contributed by atoms with E-state index in [0.29, 0.717) is 18.1 Å². The molecule has 3 N–H and O–H groups in total. The Morgan fingerprint density at radius 2 is 2.39 bits per heavy atom. The normalized spacial score (nSPS) is 14.6. The van der Waals surface area contributed by atoms with Crippen LogP contribution in [0.15, 0.2) is 17.0 Å². The first kappa shape index (κ1) is 12.7. The first-order chi connectivity index (χ1) is 8.74. The van der Waals surface area contributed by atoms with Crippen LogP contribution in [0.5, 0.6) is 0 Å². The number of methoxy groups -OCH3 is 1. The highest BCUT2D eigenvalue weighted by atomic mass is 16.5. The van der Waals surface area contributed by atoms with Gasteiger partial charge in [0.2, 0.25) is 11.7 Å². The van der Waals surface area contributed by atoms with Crippen LogP contribution in [-0.4, -0.2) is 27.2 Å². The first-order valence-corrected chi connectivity index (χ1v) is 5.83. The maximum absolute atomic E-state index is 6.00. The van der Waals surface area contributed by atoms with Gasteiger partial charge in [0.25, 0.3) is 0 Å². The number of nitrogens with one attached hydrogen (secondary N) is 1. The van der Waals surface area contributed by atoms with Crippen molar-refractivity contribution in [3.05, 3.63) is 29.9 Å². The van der Waals surface area contributed by atoms with E-state index in [-0.39, 0.29) is 12.1 Å². The molecular weight excluding hydrogens is 234 g/mol. The number of rotatable bonds is 6. The molecule has 0 bridgehead atoms. The molecule has 0 amide bonds. The summed E-state index contributed by atoms with van der Waals surface area (Å²) < 4.78 is 10.4. The molecule has 0 aliphatic carbocycles. The molecule has 2 rings (SSSR count). The number of H-pyrrole nitrogens is 1. The van der Waals surface area contributed by atoms with Gasteiger partial charge in [-0.25, -0.2) is 4.98 Å².